The minimum Gasteiger partial charge on any atom is -0.351 e. The fourth-order valence-corrected chi connectivity index (χ4v) is 1.30. The van der Waals surface area contributed by atoms with Crippen LogP contribution in [0.15, 0.2) is 0 Å². The highest BCUT2D eigenvalue weighted by molar-refractivity contribution is 4.52. The third-order valence-corrected chi connectivity index (χ3v) is 1.59. The molecule has 1 aliphatic heterocycles. The lowest BCUT2D eigenvalue weighted by atomic mass is 10.6. The molecule has 1 heterocycles. The molecule has 1 saturated heterocycles. The molecule has 4 heteroatoms. The third-order valence-electron chi connectivity index (χ3n) is 1.59. The van der Waals surface area contributed by atoms with Gasteiger partial charge in [0.1, 0.15) is 13.5 Å². The molecule has 0 aromatic heterocycles. The van der Waals surface area contributed by atoms with E-state index in [4.69, 9.17) is 4.74 Å². The summed E-state index contributed by atoms with van der Waals surface area (Å²) in [6.45, 7) is 3.36. The van der Waals surface area contributed by atoms with Gasteiger partial charge in [-0.3, -0.25) is 14.7 Å². The van der Waals surface area contributed by atoms with Crippen LogP contribution in [-0.4, -0.2) is 62.6 Å². The second-order valence-corrected chi connectivity index (χ2v) is 3.31. The Morgan fingerprint density at radius 2 is 1.27 bits per heavy atom. The Morgan fingerprint density at radius 3 is 1.73 bits per heavy atom. The summed E-state index contributed by atoms with van der Waals surface area (Å²) in [5.74, 6) is 0. The van der Waals surface area contributed by atoms with Crippen molar-refractivity contribution in [2.45, 2.75) is 0 Å². The van der Waals surface area contributed by atoms with E-state index in [1.807, 2.05) is 0 Å². The second kappa shape index (κ2) is 4.01. The molecule has 0 N–H and O–H groups in total. The molecule has 0 radical (unpaired) electrons. The lowest BCUT2D eigenvalue weighted by Crippen LogP contribution is -2.44. The highest BCUT2D eigenvalue weighted by atomic mass is 16.5. The summed E-state index contributed by atoms with van der Waals surface area (Å²) < 4.78 is 5.37. The van der Waals surface area contributed by atoms with Crippen LogP contribution in [0.1, 0.15) is 0 Å². The van der Waals surface area contributed by atoms with Gasteiger partial charge in [-0.15, -0.1) is 0 Å². The molecule has 4 nitrogen and oxygen atoms in total. The van der Waals surface area contributed by atoms with E-state index in [9.17, 15) is 0 Å². The van der Waals surface area contributed by atoms with E-state index in [0.29, 0.717) is 13.5 Å². The first kappa shape index (κ1) is 8.93. The lowest BCUT2D eigenvalue weighted by Gasteiger charge is -2.31. The largest absolute Gasteiger partial charge is 0.351 e. The number of hydrogen-bond acceptors (Lipinski definition) is 4. The van der Waals surface area contributed by atoms with Crippen molar-refractivity contribution in [2.24, 2.45) is 0 Å². The van der Waals surface area contributed by atoms with Crippen LogP contribution in [0.25, 0.3) is 0 Å². The summed E-state index contributed by atoms with van der Waals surface area (Å²) in [6, 6.07) is 0. The molecule has 0 unspecified atom stereocenters. The molecule has 0 bridgehead atoms. The van der Waals surface area contributed by atoms with E-state index in [1.54, 1.807) is 0 Å². The number of hydrogen-bond donors (Lipinski definition) is 0. The fourth-order valence-electron chi connectivity index (χ4n) is 1.30. The van der Waals surface area contributed by atoms with Gasteiger partial charge >= 0.3 is 0 Å². The first-order chi connectivity index (χ1) is 5.18. The molecule has 66 valence electrons. The average molecular weight is 159 g/mol. The molecule has 1 rings (SSSR count). The van der Waals surface area contributed by atoms with Crippen molar-refractivity contribution in [1.82, 2.24) is 14.7 Å². The lowest BCUT2D eigenvalue weighted by molar-refractivity contribution is -0.0720. The van der Waals surface area contributed by atoms with Crippen molar-refractivity contribution in [1.29, 1.82) is 0 Å². The molecule has 0 atom stereocenters. The summed E-state index contributed by atoms with van der Waals surface area (Å²) in [5.41, 5.74) is 0. The van der Waals surface area contributed by atoms with Gasteiger partial charge in [0.05, 0.1) is 13.3 Å². The van der Waals surface area contributed by atoms with E-state index < -0.39 is 0 Å². The van der Waals surface area contributed by atoms with Gasteiger partial charge < -0.3 is 4.74 Å². The predicted molar refractivity (Wildman–Crippen MR) is 43.8 cm³/mol. The quantitative estimate of drug-likeness (QED) is 0.480. The van der Waals surface area contributed by atoms with Gasteiger partial charge in [0, 0.05) is 0 Å². The van der Waals surface area contributed by atoms with E-state index >= 15 is 0 Å². The molecule has 0 aromatic rings. The number of nitrogens with zero attached hydrogens (tertiary/aromatic N) is 3. The van der Waals surface area contributed by atoms with Crippen molar-refractivity contribution < 1.29 is 4.74 Å². The van der Waals surface area contributed by atoms with Gasteiger partial charge in [-0.1, -0.05) is 0 Å². The van der Waals surface area contributed by atoms with Crippen LogP contribution in [0.5, 0.6) is 0 Å². The Hall–Kier alpha value is -0.160. The number of rotatable bonds is 0. The SMILES string of the molecule is CN1COCN(C)CN(C)C1. The van der Waals surface area contributed by atoms with Gasteiger partial charge in [-0.05, 0) is 21.1 Å². The van der Waals surface area contributed by atoms with Gasteiger partial charge in [0.15, 0.2) is 0 Å². The van der Waals surface area contributed by atoms with Crippen molar-refractivity contribution in [3.05, 3.63) is 0 Å². The molecule has 0 aliphatic carbocycles. The first-order valence-corrected chi connectivity index (χ1v) is 3.82. The summed E-state index contributed by atoms with van der Waals surface area (Å²) in [4.78, 5) is 6.54. The zero-order valence-corrected chi connectivity index (χ0v) is 7.58. The summed E-state index contributed by atoms with van der Waals surface area (Å²) in [6.07, 6.45) is 0. The van der Waals surface area contributed by atoms with Crippen LogP contribution >= 0.6 is 0 Å². The monoisotopic (exact) mass is 159 g/mol. The van der Waals surface area contributed by atoms with Crippen molar-refractivity contribution >= 4 is 0 Å². The number of ether oxygens (including phenoxy) is 1. The maximum Gasteiger partial charge on any atom is 0.102 e. The minimum absolute atomic E-state index is 0.717. The van der Waals surface area contributed by atoms with E-state index in [1.165, 1.54) is 0 Å². The molecule has 0 saturated carbocycles. The van der Waals surface area contributed by atoms with E-state index in [2.05, 4.69) is 35.8 Å². The predicted octanol–water partition coefficient (Wildman–Crippen LogP) is -0.358. The van der Waals surface area contributed by atoms with Crippen LogP contribution in [-0.2, 0) is 4.74 Å². The molecule has 0 aromatic carbocycles. The van der Waals surface area contributed by atoms with Gasteiger partial charge in [-0.2, -0.15) is 0 Å². The highest BCUT2D eigenvalue weighted by Crippen LogP contribution is 1.96. The van der Waals surface area contributed by atoms with Crippen molar-refractivity contribution in [3.63, 3.8) is 0 Å². The zero-order chi connectivity index (χ0) is 8.27. The minimum atomic E-state index is 0.717. The van der Waals surface area contributed by atoms with Crippen LogP contribution in [0.3, 0.4) is 0 Å². The average Bonchev–Trinajstić information content (AvgIpc) is 1.83. The van der Waals surface area contributed by atoms with Crippen LogP contribution in [0.2, 0.25) is 0 Å². The fraction of sp³-hybridized carbons (Fsp3) is 1.00. The maximum atomic E-state index is 5.37. The molecule has 11 heavy (non-hydrogen) atoms. The normalized spacial score (nSPS) is 26.5. The topological polar surface area (TPSA) is 19.0 Å². The van der Waals surface area contributed by atoms with Crippen molar-refractivity contribution in [3.8, 4) is 0 Å². The highest BCUT2D eigenvalue weighted by Gasteiger charge is 2.09. The van der Waals surface area contributed by atoms with Gasteiger partial charge in [0.25, 0.3) is 0 Å². The van der Waals surface area contributed by atoms with Crippen LogP contribution in [0.4, 0.5) is 0 Å². The summed E-state index contributed by atoms with van der Waals surface area (Å²) in [7, 11) is 6.22. The van der Waals surface area contributed by atoms with Crippen LogP contribution in [0, 0.1) is 0 Å². The second-order valence-electron chi connectivity index (χ2n) is 3.31. The Balaban J connectivity index is 2.34. The molecule has 1 aliphatic rings. The molecule has 1 fully saturated rings. The van der Waals surface area contributed by atoms with Crippen LogP contribution < -0.4 is 0 Å². The van der Waals surface area contributed by atoms with Gasteiger partial charge in [-0.25, -0.2) is 0 Å². The maximum absolute atomic E-state index is 5.37. The Labute approximate surface area is 68.3 Å². The standard InChI is InChI=1S/C7H17N3O/c1-8-4-9(2)6-11-7-10(3)5-8/h4-7H2,1-3H3. The van der Waals surface area contributed by atoms with Crippen molar-refractivity contribution in [2.75, 3.05) is 47.9 Å². The van der Waals surface area contributed by atoms with Gasteiger partial charge in [0.2, 0.25) is 0 Å². The first-order valence-electron chi connectivity index (χ1n) is 3.82. The Morgan fingerprint density at radius 1 is 0.818 bits per heavy atom. The zero-order valence-electron chi connectivity index (χ0n) is 7.58. The van der Waals surface area contributed by atoms with E-state index in [-0.39, 0.29) is 0 Å². The molecular formula is C7H17N3O. The molecule has 0 spiro atoms. The summed E-state index contributed by atoms with van der Waals surface area (Å²) >= 11 is 0. The summed E-state index contributed by atoms with van der Waals surface area (Å²) in [5, 5.41) is 0. The Bertz CT molecular complexity index is 108. The molecular weight excluding hydrogens is 142 g/mol. The smallest absolute Gasteiger partial charge is 0.102 e. The molecule has 0 amide bonds. The van der Waals surface area contributed by atoms with E-state index in [0.717, 1.165) is 13.3 Å². The third kappa shape index (κ3) is 3.16. The Kier molecular flexibility index (Phi) is 3.26.